The van der Waals surface area contributed by atoms with E-state index in [9.17, 15) is 0 Å². The molecular formula is C15H20N2O. The minimum atomic E-state index is -0.0725. The Balaban J connectivity index is 2.17. The van der Waals surface area contributed by atoms with Crippen molar-refractivity contribution in [3.8, 4) is 11.3 Å². The van der Waals surface area contributed by atoms with Crippen LogP contribution in [0.5, 0.6) is 0 Å². The highest BCUT2D eigenvalue weighted by molar-refractivity contribution is 5.59. The van der Waals surface area contributed by atoms with Gasteiger partial charge < -0.3 is 10.3 Å². The molecular weight excluding hydrogens is 224 g/mol. The third-order valence-electron chi connectivity index (χ3n) is 2.97. The molecule has 0 fully saturated rings. The Hall–Kier alpha value is -1.61. The van der Waals surface area contributed by atoms with Crippen molar-refractivity contribution < 1.29 is 4.52 Å². The second-order valence-corrected chi connectivity index (χ2v) is 5.22. The molecule has 96 valence electrons. The first-order valence-electron chi connectivity index (χ1n) is 6.35. The molecule has 0 saturated heterocycles. The fourth-order valence-electron chi connectivity index (χ4n) is 1.95. The lowest BCUT2D eigenvalue weighted by Crippen LogP contribution is -2.11. The molecule has 1 aromatic carbocycles. The van der Waals surface area contributed by atoms with E-state index >= 15 is 0 Å². The molecule has 0 aliphatic heterocycles. The summed E-state index contributed by atoms with van der Waals surface area (Å²) < 4.78 is 5.34. The van der Waals surface area contributed by atoms with E-state index in [0.29, 0.717) is 5.92 Å². The first-order valence-corrected chi connectivity index (χ1v) is 6.35. The van der Waals surface area contributed by atoms with Crippen LogP contribution in [0.1, 0.15) is 37.6 Å². The van der Waals surface area contributed by atoms with Crippen molar-refractivity contribution >= 4 is 0 Å². The van der Waals surface area contributed by atoms with Gasteiger partial charge in [-0.1, -0.05) is 48.8 Å². The van der Waals surface area contributed by atoms with Gasteiger partial charge in [0.1, 0.15) is 5.69 Å². The summed E-state index contributed by atoms with van der Waals surface area (Å²) in [6, 6.07) is 10.1. The SMILES string of the molecule is Cc1ccc(-c2cc(C(N)CC(C)C)on2)cc1. The Bertz CT molecular complexity index is 499. The van der Waals surface area contributed by atoms with E-state index in [-0.39, 0.29) is 6.04 Å². The van der Waals surface area contributed by atoms with Crippen molar-refractivity contribution in [3.05, 3.63) is 41.7 Å². The number of nitrogens with zero attached hydrogens (tertiary/aromatic N) is 1. The van der Waals surface area contributed by atoms with Crippen LogP contribution in [0.25, 0.3) is 11.3 Å². The van der Waals surface area contributed by atoms with E-state index in [2.05, 4.69) is 38.1 Å². The molecule has 0 aliphatic rings. The highest BCUT2D eigenvalue weighted by Crippen LogP contribution is 2.24. The van der Waals surface area contributed by atoms with Gasteiger partial charge in [0.15, 0.2) is 5.76 Å². The van der Waals surface area contributed by atoms with Crippen molar-refractivity contribution in [1.82, 2.24) is 5.16 Å². The fourth-order valence-corrected chi connectivity index (χ4v) is 1.95. The maximum Gasteiger partial charge on any atom is 0.154 e. The van der Waals surface area contributed by atoms with E-state index < -0.39 is 0 Å². The Kier molecular flexibility index (Phi) is 3.82. The predicted molar refractivity (Wildman–Crippen MR) is 73.1 cm³/mol. The van der Waals surface area contributed by atoms with Gasteiger partial charge in [-0.3, -0.25) is 0 Å². The number of nitrogens with two attached hydrogens (primary N) is 1. The Labute approximate surface area is 108 Å². The smallest absolute Gasteiger partial charge is 0.154 e. The summed E-state index contributed by atoms with van der Waals surface area (Å²) in [5.41, 5.74) is 9.23. The van der Waals surface area contributed by atoms with Crippen LogP contribution < -0.4 is 5.73 Å². The van der Waals surface area contributed by atoms with Crippen LogP contribution in [-0.4, -0.2) is 5.16 Å². The van der Waals surface area contributed by atoms with Crippen molar-refractivity contribution in [2.24, 2.45) is 11.7 Å². The highest BCUT2D eigenvalue weighted by Gasteiger charge is 2.14. The third kappa shape index (κ3) is 2.99. The minimum Gasteiger partial charge on any atom is -0.359 e. The average Bonchev–Trinajstić information content (AvgIpc) is 2.78. The zero-order valence-electron chi connectivity index (χ0n) is 11.2. The van der Waals surface area contributed by atoms with Crippen LogP contribution in [0.4, 0.5) is 0 Å². The Morgan fingerprint density at radius 3 is 2.50 bits per heavy atom. The van der Waals surface area contributed by atoms with Crippen LogP contribution in [0.3, 0.4) is 0 Å². The zero-order chi connectivity index (χ0) is 13.1. The molecule has 0 amide bonds. The summed E-state index contributed by atoms with van der Waals surface area (Å²) >= 11 is 0. The van der Waals surface area contributed by atoms with E-state index in [1.165, 1.54) is 5.56 Å². The number of hydrogen-bond donors (Lipinski definition) is 1. The minimum absolute atomic E-state index is 0.0725. The summed E-state index contributed by atoms with van der Waals surface area (Å²) in [6.07, 6.45) is 0.905. The van der Waals surface area contributed by atoms with Crippen LogP contribution in [-0.2, 0) is 0 Å². The van der Waals surface area contributed by atoms with Gasteiger partial charge in [-0.25, -0.2) is 0 Å². The molecule has 1 unspecified atom stereocenters. The maximum atomic E-state index is 6.08. The summed E-state index contributed by atoms with van der Waals surface area (Å²) in [5, 5.41) is 4.09. The van der Waals surface area contributed by atoms with Crippen LogP contribution in [0, 0.1) is 12.8 Å². The van der Waals surface area contributed by atoms with E-state index in [4.69, 9.17) is 10.3 Å². The molecule has 2 N–H and O–H groups in total. The molecule has 3 heteroatoms. The molecule has 1 atom stereocenters. The lowest BCUT2D eigenvalue weighted by atomic mass is 10.0. The molecule has 0 bridgehead atoms. The molecule has 1 heterocycles. The lowest BCUT2D eigenvalue weighted by Gasteiger charge is -2.09. The van der Waals surface area contributed by atoms with Gasteiger partial charge in [-0.15, -0.1) is 0 Å². The summed E-state index contributed by atoms with van der Waals surface area (Å²) in [6.45, 7) is 6.37. The van der Waals surface area contributed by atoms with Crippen molar-refractivity contribution in [2.75, 3.05) is 0 Å². The van der Waals surface area contributed by atoms with Crippen molar-refractivity contribution in [2.45, 2.75) is 33.2 Å². The van der Waals surface area contributed by atoms with Gasteiger partial charge in [0.25, 0.3) is 0 Å². The normalized spacial score (nSPS) is 12.9. The number of benzene rings is 1. The largest absolute Gasteiger partial charge is 0.359 e. The quantitative estimate of drug-likeness (QED) is 0.892. The molecule has 0 aliphatic carbocycles. The molecule has 2 aromatic rings. The monoisotopic (exact) mass is 244 g/mol. The maximum absolute atomic E-state index is 6.08. The average molecular weight is 244 g/mol. The third-order valence-corrected chi connectivity index (χ3v) is 2.97. The molecule has 18 heavy (non-hydrogen) atoms. The van der Waals surface area contributed by atoms with Gasteiger partial charge >= 0.3 is 0 Å². The van der Waals surface area contributed by atoms with Crippen LogP contribution in [0.15, 0.2) is 34.9 Å². The van der Waals surface area contributed by atoms with Gasteiger partial charge in [0.05, 0.1) is 6.04 Å². The van der Waals surface area contributed by atoms with E-state index in [0.717, 1.165) is 23.4 Å². The summed E-state index contributed by atoms with van der Waals surface area (Å²) in [5.74, 6) is 1.31. The molecule has 0 spiro atoms. The first kappa shape index (κ1) is 12.8. The predicted octanol–water partition coefficient (Wildman–Crippen LogP) is 3.70. The van der Waals surface area contributed by atoms with Crippen LogP contribution >= 0.6 is 0 Å². The van der Waals surface area contributed by atoms with Crippen LogP contribution in [0.2, 0.25) is 0 Å². The van der Waals surface area contributed by atoms with Gasteiger partial charge in [0.2, 0.25) is 0 Å². The second-order valence-electron chi connectivity index (χ2n) is 5.22. The van der Waals surface area contributed by atoms with Gasteiger partial charge in [0, 0.05) is 11.6 Å². The standard InChI is InChI=1S/C15H20N2O/c1-10(2)8-13(16)15-9-14(17-18-15)12-6-4-11(3)5-7-12/h4-7,9-10,13H,8,16H2,1-3H3. The van der Waals surface area contributed by atoms with Crippen molar-refractivity contribution in [3.63, 3.8) is 0 Å². The Morgan fingerprint density at radius 1 is 1.22 bits per heavy atom. The van der Waals surface area contributed by atoms with E-state index in [1.807, 2.05) is 18.2 Å². The second kappa shape index (κ2) is 5.36. The molecule has 0 radical (unpaired) electrons. The number of hydrogen-bond acceptors (Lipinski definition) is 3. The summed E-state index contributed by atoms with van der Waals surface area (Å²) in [4.78, 5) is 0. The number of rotatable bonds is 4. The number of aromatic nitrogens is 1. The first-order chi connectivity index (χ1) is 8.56. The van der Waals surface area contributed by atoms with Crippen molar-refractivity contribution in [1.29, 1.82) is 0 Å². The Morgan fingerprint density at radius 2 is 1.89 bits per heavy atom. The molecule has 2 rings (SSSR count). The van der Waals surface area contributed by atoms with Gasteiger partial charge in [-0.05, 0) is 19.3 Å². The summed E-state index contributed by atoms with van der Waals surface area (Å²) in [7, 11) is 0. The van der Waals surface area contributed by atoms with Gasteiger partial charge in [-0.2, -0.15) is 0 Å². The lowest BCUT2D eigenvalue weighted by molar-refractivity contribution is 0.343. The fraction of sp³-hybridized carbons (Fsp3) is 0.400. The number of aryl methyl sites for hydroxylation is 1. The molecule has 1 aromatic heterocycles. The van der Waals surface area contributed by atoms with E-state index in [1.54, 1.807) is 0 Å². The zero-order valence-corrected chi connectivity index (χ0v) is 11.2. The molecule has 0 saturated carbocycles. The molecule has 3 nitrogen and oxygen atoms in total. The highest BCUT2D eigenvalue weighted by atomic mass is 16.5. The topological polar surface area (TPSA) is 52.0 Å².